The predicted molar refractivity (Wildman–Crippen MR) is 84.2 cm³/mol. The van der Waals surface area contributed by atoms with Crippen LogP contribution in [0.25, 0.3) is 0 Å². The van der Waals surface area contributed by atoms with Gasteiger partial charge in [-0.05, 0) is 32.2 Å². The van der Waals surface area contributed by atoms with Crippen molar-refractivity contribution in [3.8, 4) is 0 Å². The fourth-order valence-corrected chi connectivity index (χ4v) is 2.08. The number of hydrogen-bond acceptors (Lipinski definition) is 4. The summed E-state index contributed by atoms with van der Waals surface area (Å²) < 4.78 is 5.43. The summed E-state index contributed by atoms with van der Waals surface area (Å²) in [6.45, 7) is 4.59. The minimum Gasteiger partial charge on any atom is -0.389 e. The van der Waals surface area contributed by atoms with Gasteiger partial charge < -0.3 is 20.5 Å². The molecular formula is C16H32N2O3. The third-order valence-corrected chi connectivity index (χ3v) is 3.53. The van der Waals surface area contributed by atoms with Gasteiger partial charge in [-0.1, -0.05) is 26.2 Å². The summed E-state index contributed by atoms with van der Waals surface area (Å²) in [6.07, 6.45) is 7.93. The van der Waals surface area contributed by atoms with Crippen LogP contribution >= 0.6 is 0 Å². The van der Waals surface area contributed by atoms with Crippen LogP contribution in [0, 0.1) is 0 Å². The molecular weight excluding hydrogens is 268 g/mol. The fourth-order valence-electron chi connectivity index (χ4n) is 2.08. The van der Waals surface area contributed by atoms with Crippen LogP contribution in [0.4, 0.5) is 0 Å². The largest absolute Gasteiger partial charge is 0.389 e. The number of carbonyl (C=O) groups excluding carboxylic acids is 1. The van der Waals surface area contributed by atoms with Gasteiger partial charge in [-0.15, -0.1) is 0 Å². The molecule has 3 N–H and O–H groups in total. The highest BCUT2D eigenvalue weighted by molar-refractivity contribution is 5.76. The first kappa shape index (κ1) is 18.4. The summed E-state index contributed by atoms with van der Waals surface area (Å²) in [5.74, 6) is 0.148. The quantitative estimate of drug-likeness (QED) is 0.426. The minimum atomic E-state index is -0.462. The van der Waals surface area contributed by atoms with Crippen molar-refractivity contribution in [1.29, 1.82) is 0 Å². The van der Waals surface area contributed by atoms with Crippen molar-refractivity contribution in [2.45, 2.75) is 70.4 Å². The molecule has 5 nitrogen and oxygen atoms in total. The molecule has 0 aromatic heterocycles. The van der Waals surface area contributed by atoms with Crippen LogP contribution in [0.1, 0.15) is 58.3 Å². The van der Waals surface area contributed by atoms with E-state index in [1.165, 1.54) is 19.3 Å². The number of carbonyl (C=O) groups is 1. The van der Waals surface area contributed by atoms with E-state index in [-0.39, 0.29) is 5.91 Å². The van der Waals surface area contributed by atoms with Crippen molar-refractivity contribution in [1.82, 2.24) is 10.6 Å². The molecule has 1 amide bonds. The Balaban J connectivity index is 1.79. The monoisotopic (exact) mass is 300 g/mol. The van der Waals surface area contributed by atoms with Gasteiger partial charge in [0, 0.05) is 25.6 Å². The molecule has 1 unspecified atom stereocenters. The molecule has 1 atom stereocenters. The zero-order valence-electron chi connectivity index (χ0n) is 13.4. The van der Waals surface area contributed by atoms with Crippen molar-refractivity contribution in [2.75, 3.05) is 26.3 Å². The van der Waals surface area contributed by atoms with Gasteiger partial charge in [-0.25, -0.2) is 0 Å². The van der Waals surface area contributed by atoms with Crippen LogP contribution in [-0.4, -0.2) is 49.5 Å². The third kappa shape index (κ3) is 11.7. The molecule has 0 saturated heterocycles. The number of unbranched alkanes of at least 4 members (excludes halogenated alkanes) is 3. The van der Waals surface area contributed by atoms with Gasteiger partial charge in [0.15, 0.2) is 0 Å². The van der Waals surface area contributed by atoms with E-state index in [0.29, 0.717) is 25.6 Å². The average molecular weight is 300 g/mol. The normalized spacial score (nSPS) is 15.9. The summed E-state index contributed by atoms with van der Waals surface area (Å²) in [6, 6.07) is 0.446. The Morgan fingerprint density at radius 3 is 2.81 bits per heavy atom. The predicted octanol–water partition coefficient (Wildman–Crippen LogP) is 1.59. The molecule has 1 rings (SSSR count). The lowest BCUT2D eigenvalue weighted by Gasteiger charge is -2.12. The number of rotatable bonds is 14. The van der Waals surface area contributed by atoms with Gasteiger partial charge in [0.05, 0.1) is 12.7 Å². The van der Waals surface area contributed by atoms with Gasteiger partial charge in [0.2, 0.25) is 5.91 Å². The van der Waals surface area contributed by atoms with E-state index in [4.69, 9.17) is 4.74 Å². The number of hydrogen-bond donors (Lipinski definition) is 3. The first-order valence-corrected chi connectivity index (χ1v) is 8.48. The lowest BCUT2D eigenvalue weighted by molar-refractivity contribution is -0.121. The van der Waals surface area contributed by atoms with Crippen molar-refractivity contribution in [2.24, 2.45) is 0 Å². The van der Waals surface area contributed by atoms with Crippen LogP contribution < -0.4 is 10.6 Å². The highest BCUT2D eigenvalue weighted by Gasteiger charge is 2.22. The highest BCUT2D eigenvalue weighted by Crippen LogP contribution is 2.18. The highest BCUT2D eigenvalue weighted by atomic mass is 16.5. The molecule has 0 aliphatic heterocycles. The fraction of sp³-hybridized carbons (Fsp3) is 0.938. The molecule has 124 valence electrons. The zero-order chi connectivity index (χ0) is 15.3. The smallest absolute Gasteiger partial charge is 0.220 e. The van der Waals surface area contributed by atoms with Crippen LogP contribution in [0.2, 0.25) is 0 Å². The van der Waals surface area contributed by atoms with Crippen molar-refractivity contribution in [3.63, 3.8) is 0 Å². The summed E-state index contributed by atoms with van der Waals surface area (Å²) in [4.78, 5) is 11.4. The van der Waals surface area contributed by atoms with Crippen molar-refractivity contribution >= 4 is 5.91 Å². The van der Waals surface area contributed by atoms with Gasteiger partial charge in [-0.3, -0.25) is 4.79 Å². The van der Waals surface area contributed by atoms with E-state index in [2.05, 4.69) is 17.6 Å². The number of aliphatic hydroxyl groups is 1. The Labute approximate surface area is 128 Å². The molecule has 0 spiro atoms. The van der Waals surface area contributed by atoms with Crippen LogP contribution in [0.5, 0.6) is 0 Å². The molecule has 1 aliphatic rings. The maximum absolute atomic E-state index is 11.4. The molecule has 0 radical (unpaired) electrons. The van der Waals surface area contributed by atoms with Crippen LogP contribution in [0.15, 0.2) is 0 Å². The second-order valence-electron chi connectivity index (χ2n) is 5.94. The van der Waals surface area contributed by atoms with E-state index < -0.39 is 6.10 Å². The minimum absolute atomic E-state index is 0.148. The zero-order valence-corrected chi connectivity index (χ0v) is 13.4. The first-order valence-electron chi connectivity index (χ1n) is 8.48. The summed E-state index contributed by atoms with van der Waals surface area (Å²) in [5.41, 5.74) is 0. The lowest BCUT2D eigenvalue weighted by Crippen LogP contribution is -2.32. The molecule has 0 heterocycles. The summed E-state index contributed by atoms with van der Waals surface area (Å²) in [5, 5.41) is 15.8. The summed E-state index contributed by atoms with van der Waals surface area (Å²) in [7, 11) is 0. The van der Waals surface area contributed by atoms with E-state index in [1.807, 2.05) is 0 Å². The topological polar surface area (TPSA) is 70.6 Å². The number of ether oxygens (including phenoxy) is 1. The Kier molecular flexibility index (Phi) is 10.5. The van der Waals surface area contributed by atoms with Gasteiger partial charge in [0.25, 0.3) is 0 Å². The molecule has 1 aliphatic carbocycles. The number of aliphatic hydroxyl groups excluding tert-OH is 1. The first-order chi connectivity index (χ1) is 10.2. The second kappa shape index (κ2) is 12.0. The van der Waals surface area contributed by atoms with Gasteiger partial charge >= 0.3 is 0 Å². The Hall–Kier alpha value is -0.650. The second-order valence-corrected chi connectivity index (χ2v) is 5.94. The van der Waals surface area contributed by atoms with E-state index in [0.717, 1.165) is 38.8 Å². The maximum Gasteiger partial charge on any atom is 0.220 e. The van der Waals surface area contributed by atoms with Gasteiger partial charge in [0.1, 0.15) is 0 Å². The molecule has 1 saturated carbocycles. The average Bonchev–Trinajstić information content (AvgIpc) is 3.26. The third-order valence-electron chi connectivity index (χ3n) is 3.53. The molecule has 0 bridgehead atoms. The lowest BCUT2D eigenvalue weighted by atomic mass is 10.2. The molecule has 0 aromatic carbocycles. The molecule has 21 heavy (non-hydrogen) atoms. The van der Waals surface area contributed by atoms with Crippen molar-refractivity contribution in [3.05, 3.63) is 0 Å². The molecule has 1 fully saturated rings. The Bertz CT molecular complexity index is 270. The number of amides is 1. The van der Waals surface area contributed by atoms with E-state index in [9.17, 15) is 9.90 Å². The van der Waals surface area contributed by atoms with E-state index >= 15 is 0 Å². The maximum atomic E-state index is 11.4. The summed E-state index contributed by atoms with van der Waals surface area (Å²) >= 11 is 0. The molecule has 0 aromatic rings. The Morgan fingerprint density at radius 2 is 2.10 bits per heavy atom. The van der Waals surface area contributed by atoms with Crippen LogP contribution in [0.3, 0.4) is 0 Å². The van der Waals surface area contributed by atoms with Gasteiger partial charge in [-0.2, -0.15) is 0 Å². The van der Waals surface area contributed by atoms with Crippen LogP contribution in [-0.2, 0) is 9.53 Å². The number of nitrogens with one attached hydrogen (secondary N) is 2. The Morgan fingerprint density at radius 1 is 1.29 bits per heavy atom. The van der Waals surface area contributed by atoms with Crippen molar-refractivity contribution < 1.29 is 14.6 Å². The SMILES string of the molecule is CCCCCCOCC(O)CNCCCC(=O)NC1CC1. The molecule has 5 heteroatoms. The standard InChI is InChI=1S/C16H32N2O3/c1-2-3-4-5-11-21-13-15(19)12-17-10-6-7-16(20)18-14-8-9-14/h14-15,17,19H,2-13H2,1H3,(H,18,20). The van der Waals surface area contributed by atoms with E-state index in [1.54, 1.807) is 0 Å².